The molecule has 0 bridgehead atoms. The molecule has 1 saturated heterocycles. The highest BCUT2D eigenvalue weighted by Gasteiger charge is 2.29. The number of amides is 1. The minimum absolute atomic E-state index is 0.139. The Kier molecular flexibility index (Phi) is 3.64. The summed E-state index contributed by atoms with van der Waals surface area (Å²) in [6.45, 7) is 6.99. The summed E-state index contributed by atoms with van der Waals surface area (Å²) in [5.41, 5.74) is 5.42. The summed E-state index contributed by atoms with van der Waals surface area (Å²) in [7, 11) is 1.84. The zero-order chi connectivity index (χ0) is 15.9. The second-order valence-corrected chi connectivity index (χ2v) is 6.09. The van der Waals surface area contributed by atoms with Crippen LogP contribution in [0.15, 0.2) is 24.4 Å². The minimum atomic E-state index is -0.139. The van der Waals surface area contributed by atoms with Gasteiger partial charge in [0.05, 0.1) is 23.3 Å². The quantitative estimate of drug-likeness (QED) is 0.947. The van der Waals surface area contributed by atoms with Gasteiger partial charge in [-0.25, -0.2) is 4.68 Å². The van der Waals surface area contributed by atoms with Gasteiger partial charge >= 0.3 is 0 Å². The molecule has 5 heteroatoms. The van der Waals surface area contributed by atoms with Crippen LogP contribution in [0, 0.1) is 20.8 Å². The highest BCUT2D eigenvalue weighted by atomic mass is 16.2. The molecule has 0 unspecified atom stereocenters. The van der Waals surface area contributed by atoms with Crippen LogP contribution in [-0.4, -0.2) is 40.2 Å². The fourth-order valence-electron chi connectivity index (χ4n) is 2.89. The molecule has 3 rings (SSSR count). The molecular weight excluding hydrogens is 276 g/mol. The van der Waals surface area contributed by atoms with E-state index >= 15 is 0 Å². The predicted molar refractivity (Wildman–Crippen MR) is 87.4 cm³/mol. The van der Waals surface area contributed by atoms with Gasteiger partial charge in [0.1, 0.15) is 6.04 Å². The van der Waals surface area contributed by atoms with Gasteiger partial charge in [-0.1, -0.05) is 12.1 Å². The highest BCUT2D eigenvalue weighted by Crippen LogP contribution is 2.24. The lowest BCUT2D eigenvalue weighted by molar-refractivity contribution is -0.127. The Balaban J connectivity index is 1.89. The van der Waals surface area contributed by atoms with E-state index in [0.29, 0.717) is 0 Å². The van der Waals surface area contributed by atoms with Gasteiger partial charge in [-0.2, -0.15) is 5.10 Å². The predicted octanol–water partition coefficient (Wildman–Crippen LogP) is 2.44. The number of rotatable bonds is 3. The van der Waals surface area contributed by atoms with Crippen molar-refractivity contribution in [2.75, 3.05) is 18.9 Å². The molecule has 0 aliphatic carbocycles. The average molecular weight is 298 g/mol. The molecule has 5 nitrogen and oxygen atoms in total. The van der Waals surface area contributed by atoms with Gasteiger partial charge in [-0.15, -0.1) is 0 Å². The van der Waals surface area contributed by atoms with Gasteiger partial charge < -0.3 is 10.2 Å². The van der Waals surface area contributed by atoms with Crippen molar-refractivity contribution in [2.45, 2.75) is 33.2 Å². The van der Waals surface area contributed by atoms with Gasteiger partial charge in [0.25, 0.3) is 0 Å². The van der Waals surface area contributed by atoms with Crippen LogP contribution in [0.4, 0.5) is 5.69 Å². The Morgan fingerprint density at radius 2 is 2.05 bits per heavy atom. The largest absolute Gasteiger partial charge is 0.371 e. The highest BCUT2D eigenvalue weighted by molar-refractivity contribution is 5.86. The minimum Gasteiger partial charge on any atom is -0.371 e. The van der Waals surface area contributed by atoms with Crippen molar-refractivity contribution in [3.05, 3.63) is 41.2 Å². The first kappa shape index (κ1) is 14.6. The molecule has 1 N–H and O–H groups in total. The standard InChI is InChI=1S/C17H22N4O/c1-11-5-6-12(2)16(9-11)21-13(3)15(10-18-21)19-14-7-8-20(4)17(14)22/h5-6,9-10,14,19H,7-8H2,1-4H3/t14-/m1/s1. The van der Waals surface area contributed by atoms with E-state index in [-0.39, 0.29) is 11.9 Å². The Bertz CT molecular complexity index is 719. The van der Waals surface area contributed by atoms with Crippen LogP contribution in [0.3, 0.4) is 0 Å². The number of hydrogen-bond acceptors (Lipinski definition) is 3. The number of aryl methyl sites for hydroxylation is 2. The fourth-order valence-corrected chi connectivity index (χ4v) is 2.89. The van der Waals surface area contributed by atoms with Crippen LogP contribution < -0.4 is 5.32 Å². The SMILES string of the molecule is Cc1ccc(C)c(-n2ncc(N[C@@H]3CCN(C)C3=O)c2C)c1. The second-order valence-electron chi connectivity index (χ2n) is 6.09. The first-order valence-electron chi connectivity index (χ1n) is 7.61. The molecule has 116 valence electrons. The molecule has 1 fully saturated rings. The summed E-state index contributed by atoms with van der Waals surface area (Å²) in [5, 5.41) is 7.84. The van der Waals surface area contributed by atoms with Crippen molar-refractivity contribution in [3.8, 4) is 5.69 Å². The van der Waals surface area contributed by atoms with E-state index in [9.17, 15) is 4.79 Å². The number of carbonyl (C=O) groups excluding carboxylic acids is 1. The topological polar surface area (TPSA) is 50.2 Å². The third-order valence-electron chi connectivity index (χ3n) is 4.36. The summed E-state index contributed by atoms with van der Waals surface area (Å²) >= 11 is 0. The van der Waals surface area contributed by atoms with Crippen LogP contribution in [0.5, 0.6) is 0 Å². The molecule has 0 spiro atoms. The number of hydrogen-bond donors (Lipinski definition) is 1. The number of carbonyl (C=O) groups is 1. The van der Waals surface area contributed by atoms with Gasteiger partial charge in [0, 0.05) is 13.6 Å². The number of nitrogens with one attached hydrogen (secondary N) is 1. The maximum atomic E-state index is 12.0. The van der Waals surface area contributed by atoms with E-state index in [2.05, 4.69) is 42.5 Å². The fraction of sp³-hybridized carbons (Fsp3) is 0.412. The molecular formula is C17H22N4O. The lowest BCUT2D eigenvalue weighted by Crippen LogP contribution is -2.31. The summed E-state index contributed by atoms with van der Waals surface area (Å²) < 4.78 is 1.94. The molecule has 1 aliphatic rings. The van der Waals surface area contributed by atoms with Crippen molar-refractivity contribution in [1.29, 1.82) is 0 Å². The van der Waals surface area contributed by atoms with E-state index in [1.54, 1.807) is 4.90 Å². The zero-order valence-corrected chi connectivity index (χ0v) is 13.6. The lowest BCUT2D eigenvalue weighted by Gasteiger charge is -2.14. The Hall–Kier alpha value is -2.30. The molecule has 1 amide bonds. The van der Waals surface area contributed by atoms with E-state index in [1.807, 2.05) is 24.9 Å². The van der Waals surface area contributed by atoms with Crippen molar-refractivity contribution < 1.29 is 4.79 Å². The van der Waals surface area contributed by atoms with E-state index in [1.165, 1.54) is 11.1 Å². The number of likely N-dealkylation sites (tertiary alicyclic amines) is 1. The third-order valence-corrected chi connectivity index (χ3v) is 4.36. The van der Waals surface area contributed by atoms with Gasteiger partial charge in [-0.05, 0) is 44.4 Å². The normalized spacial score (nSPS) is 18.1. The monoisotopic (exact) mass is 298 g/mol. The Morgan fingerprint density at radius 3 is 2.73 bits per heavy atom. The van der Waals surface area contributed by atoms with Crippen LogP contribution in [0.25, 0.3) is 5.69 Å². The van der Waals surface area contributed by atoms with Gasteiger partial charge in [-0.3, -0.25) is 4.79 Å². The smallest absolute Gasteiger partial charge is 0.244 e. The number of likely N-dealkylation sites (N-methyl/N-ethyl adjacent to an activating group) is 1. The van der Waals surface area contributed by atoms with Crippen molar-refractivity contribution in [3.63, 3.8) is 0 Å². The molecule has 2 aromatic rings. The molecule has 22 heavy (non-hydrogen) atoms. The van der Waals surface area contributed by atoms with Gasteiger partial charge in [0.2, 0.25) is 5.91 Å². The molecule has 1 aromatic heterocycles. The maximum Gasteiger partial charge on any atom is 0.244 e. The summed E-state index contributed by atoms with van der Waals surface area (Å²) in [6, 6.07) is 6.20. The first-order valence-corrected chi connectivity index (χ1v) is 7.61. The van der Waals surface area contributed by atoms with Crippen molar-refractivity contribution >= 4 is 11.6 Å². The molecule has 1 atom stereocenters. The second kappa shape index (κ2) is 5.48. The summed E-state index contributed by atoms with van der Waals surface area (Å²) in [4.78, 5) is 13.8. The zero-order valence-electron chi connectivity index (χ0n) is 13.6. The Labute approximate surface area is 130 Å². The maximum absolute atomic E-state index is 12.0. The number of anilines is 1. The molecule has 0 radical (unpaired) electrons. The molecule has 1 aromatic carbocycles. The number of benzene rings is 1. The Morgan fingerprint density at radius 1 is 1.27 bits per heavy atom. The van der Waals surface area contributed by atoms with E-state index in [4.69, 9.17) is 0 Å². The summed E-state index contributed by atoms with van der Waals surface area (Å²) in [6.07, 6.45) is 2.64. The first-order chi connectivity index (χ1) is 10.5. The molecule has 2 heterocycles. The van der Waals surface area contributed by atoms with Crippen LogP contribution in [-0.2, 0) is 4.79 Å². The van der Waals surface area contributed by atoms with Crippen molar-refractivity contribution in [2.24, 2.45) is 0 Å². The number of aromatic nitrogens is 2. The van der Waals surface area contributed by atoms with Crippen LogP contribution in [0.1, 0.15) is 23.2 Å². The lowest BCUT2D eigenvalue weighted by atomic mass is 10.1. The van der Waals surface area contributed by atoms with E-state index < -0.39 is 0 Å². The molecule has 0 saturated carbocycles. The third kappa shape index (κ3) is 2.47. The van der Waals surface area contributed by atoms with E-state index in [0.717, 1.165) is 30.0 Å². The summed E-state index contributed by atoms with van der Waals surface area (Å²) in [5.74, 6) is 0.152. The average Bonchev–Trinajstić information content (AvgIpc) is 3.00. The van der Waals surface area contributed by atoms with Crippen LogP contribution in [0.2, 0.25) is 0 Å². The van der Waals surface area contributed by atoms with Crippen LogP contribution >= 0.6 is 0 Å². The molecule has 1 aliphatic heterocycles. The van der Waals surface area contributed by atoms with Crippen molar-refractivity contribution in [1.82, 2.24) is 14.7 Å². The number of nitrogens with zero attached hydrogens (tertiary/aromatic N) is 3. The van der Waals surface area contributed by atoms with Gasteiger partial charge in [0.15, 0.2) is 0 Å².